The van der Waals surface area contributed by atoms with E-state index in [1.807, 2.05) is 12.1 Å². The van der Waals surface area contributed by atoms with Crippen LogP contribution >= 0.6 is 0 Å². The number of nitrogens with two attached hydrogens (primary N) is 2. The Morgan fingerprint density at radius 3 is 2.80 bits per heavy atom. The number of aryl methyl sites for hydroxylation is 1. The molecule has 0 aliphatic carbocycles. The van der Waals surface area contributed by atoms with E-state index >= 15 is 0 Å². The average Bonchev–Trinajstić information content (AvgIpc) is 3.43. The normalized spacial score (nSPS) is 29.1. The second kappa shape index (κ2) is 9.61. The molecule has 0 bridgehead atoms. The fourth-order valence-corrected chi connectivity index (χ4v) is 6.38. The Kier molecular flexibility index (Phi) is 6.29. The third-order valence-electron chi connectivity index (χ3n) is 8.56. The van der Waals surface area contributed by atoms with Crippen molar-refractivity contribution in [2.45, 2.75) is 62.5 Å². The number of nitrogens with zero attached hydrogens (tertiary/aromatic N) is 4. The molecule has 4 aliphatic rings. The summed E-state index contributed by atoms with van der Waals surface area (Å²) >= 11 is 0. The van der Waals surface area contributed by atoms with Gasteiger partial charge in [-0.05, 0) is 37.0 Å². The molecule has 13 nitrogen and oxygen atoms in total. The maximum Gasteiger partial charge on any atom is 0.255 e. The predicted octanol–water partition coefficient (Wildman–Crippen LogP) is -0.665. The Balaban J connectivity index is 1.23. The van der Waals surface area contributed by atoms with Gasteiger partial charge in [-0.2, -0.15) is 0 Å². The molecule has 3 unspecified atom stereocenters. The van der Waals surface area contributed by atoms with Crippen LogP contribution in [0.15, 0.2) is 46.5 Å². The number of nitrogens with one attached hydrogen (secondary N) is 3. The van der Waals surface area contributed by atoms with E-state index in [1.54, 1.807) is 36.2 Å². The van der Waals surface area contributed by atoms with Gasteiger partial charge in [0.15, 0.2) is 17.6 Å². The van der Waals surface area contributed by atoms with E-state index in [4.69, 9.17) is 16.2 Å². The minimum Gasteiger partial charge on any atom is -0.492 e. The standard InChI is InChI=1S/C28H35N9O4/c1-14-11-15(7-9-31-14)23(39)32-12-18-21-28(36-25(29)35-21)22(38)19(13-37(28)26(30)34-18)33-24(40)16-5-4-6-17-20(16)41-10-8-27(17,2)3/h4-7,9,11,18-19,21-22,38H,8,10,12-13H2,1-3H3,(H2,30,34)(H,32,39)(H,33,40)(H3,29,35,36)/t18-,19?,21?,22+,28?/m0/s1. The molecule has 6 rings (SSSR count). The van der Waals surface area contributed by atoms with E-state index in [0.717, 1.165) is 17.7 Å². The molecule has 1 fully saturated rings. The van der Waals surface area contributed by atoms with Crippen LogP contribution in [-0.2, 0) is 5.41 Å². The summed E-state index contributed by atoms with van der Waals surface area (Å²) in [6.45, 7) is 6.85. The monoisotopic (exact) mass is 561 g/mol. The number of aliphatic hydroxyl groups excluding tert-OH is 1. The highest BCUT2D eigenvalue weighted by atomic mass is 16.5. The fourth-order valence-electron chi connectivity index (χ4n) is 6.38. The number of amides is 2. The van der Waals surface area contributed by atoms with E-state index < -0.39 is 29.9 Å². The van der Waals surface area contributed by atoms with Crippen LogP contribution in [0, 0.1) is 6.92 Å². The second-order valence-corrected chi connectivity index (χ2v) is 11.7. The van der Waals surface area contributed by atoms with Gasteiger partial charge < -0.3 is 42.2 Å². The lowest BCUT2D eigenvalue weighted by atomic mass is 9.79. The lowest BCUT2D eigenvalue weighted by molar-refractivity contribution is 0.0143. The minimum atomic E-state index is -1.24. The molecule has 5 atom stereocenters. The molecule has 0 saturated carbocycles. The van der Waals surface area contributed by atoms with Gasteiger partial charge in [-0.3, -0.25) is 14.6 Å². The molecule has 1 spiro atoms. The van der Waals surface area contributed by atoms with Crippen LogP contribution in [0.3, 0.4) is 0 Å². The summed E-state index contributed by atoms with van der Waals surface area (Å²) in [4.78, 5) is 41.3. The van der Waals surface area contributed by atoms with Gasteiger partial charge in [0.1, 0.15) is 17.9 Å². The van der Waals surface area contributed by atoms with Crippen molar-refractivity contribution in [1.82, 2.24) is 25.8 Å². The zero-order chi connectivity index (χ0) is 29.1. The summed E-state index contributed by atoms with van der Waals surface area (Å²) in [6.07, 6.45) is 1.26. The van der Waals surface area contributed by atoms with Gasteiger partial charge in [-0.15, -0.1) is 0 Å². The highest BCUT2D eigenvalue weighted by Crippen LogP contribution is 2.42. The molecule has 41 heavy (non-hydrogen) atoms. The molecule has 2 aromatic rings. The number of fused-ring (bicyclic) bond motifs is 1. The number of carbonyl (C=O) groups is 2. The van der Waals surface area contributed by atoms with Gasteiger partial charge in [0.05, 0.1) is 24.3 Å². The number of benzene rings is 1. The molecule has 4 aliphatic heterocycles. The quantitative estimate of drug-likeness (QED) is 0.275. The van der Waals surface area contributed by atoms with Crippen LogP contribution in [0.2, 0.25) is 0 Å². The largest absolute Gasteiger partial charge is 0.492 e. The minimum absolute atomic E-state index is 0.104. The first-order valence-corrected chi connectivity index (χ1v) is 13.7. The summed E-state index contributed by atoms with van der Waals surface area (Å²) in [5.74, 6) is 0.170. The first-order chi connectivity index (χ1) is 19.5. The van der Waals surface area contributed by atoms with Crippen molar-refractivity contribution in [2.24, 2.45) is 21.5 Å². The van der Waals surface area contributed by atoms with E-state index in [1.165, 1.54) is 0 Å². The van der Waals surface area contributed by atoms with Crippen LogP contribution in [0.1, 0.15) is 52.2 Å². The van der Waals surface area contributed by atoms with Crippen LogP contribution in [0.4, 0.5) is 0 Å². The molecule has 1 aromatic carbocycles. The van der Waals surface area contributed by atoms with Crippen molar-refractivity contribution in [3.05, 3.63) is 58.9 Å². The molecule has 0 radical (unpaired) electrons. The number of aromatic nitrogens is 1. The van der Waals surface area contributed by atoms with Gasteiger partial charge in [0, 0.05) is 36.1 Å². The summed E-state index contributed by atoms with van der Waals surface area (Å²) in [5, 5.41) is 20.7. The number of aliphatic imine (C=N–C) groups is 2. The smallest absolute Gasteiger partial charge is 0.255 e. The Hall–Kier alpha value is -4.39. The fraction of sp³-hybridized carbons (Fsp3) is 0.464. The first kappa shape index (κ1) is 26.8. The summed E-state index contributed by atoms with van der Waals surface area (Å²) in [6, 6.07) is 6.83. The van der Waals surface area contributed by atoms with E-state index in [0.29, 0.717) is 23.5 Å². The van der Waals surface area contributed by atoms with Crippen molar-refractivity contribution in [2.75, 3.05) is 19.7 Å². The Bertz CT molecular complexity index is 1470. The Morgan fingerprint density at radius 1 is 1.22 bits per heavy atom. The van der Waals surface area contributed by atoms with Crippen molar-refractivity contribution in [1.29, 1.82) is 0 Å². The lowest BCUT2D eigenvalue weighted by Gasteiger charge is -2.46. The predicted molar refractivity (Wildman–Crippen MR) is 152 cm³/mol. The zero-order valence-corrected chi connectivity index (χ0v) is 23.2. The summed E-state index contributed by atoms with van der Waals surface area (Å²) in [5.41, 5.74) is 13.7. The molecular weight excluding hydrogens is 526 g/mol. The van der Waals surface area contributed by atoms with Crippen LogP contribution in [-0.4, -0.2) is 88.3 Å². The van der Waals surface area contributed by atoms with Gasteiger partial charge >= 0.3 is 0 Å². The molecule has 2 amide bonds. The Morgan fingerprint density at radius 2 is 2.02 bits per heavy atom. The maximum absolute atomic E-state index is 13.6. The SMILES string of the molecule is Cc1cc(C(=O)NC[C@@H]2N=C(N)N3CC(NC(=O)c4cccc5c4OCCC5(C)C)[C@@H](O)C34NC(N)=NC24)ccn1. The van der Waals surface area contributed by atoms with Crippen LogP contribution in [0.25, 0.3) is 0 Å². The van der Waals surface area contributed by atoms with Crippen molar-refractivity contribution < 1.29 is 19.4 Å². The third-order valence-corrected chi connectivity index (χ3v) is 8.56. The van der Waals surface area contributed by atoms with Gasteiger partial charge in [0.25, 0.3) is 11.8 Å². The molecule has 5 heterocycles. The summed E-state index contributed by atoms with van der Waals surface area (Å²) < 4.78 is 5.94. The first-order valence-electron chi connectivity index (χ1n) is 13.7. The number of rotatable bonds is 5. The van der Waals surface area contributed by atoms with Gasteiger partial charge in [-0.1, -0.05) is 26.0 Å². The number of para-hydroxylation sites is 1. The number of pyridine rings is 1. The van der Waals surface area contributed by atoms with E-state index in [9.17, 15) is 14.7 Å². The molecule has 13 heteroatoms. The molecule has 1 aromatic heterocycles. The van der Waals surface area contributed by atoms with Crippen molar-refractivity contribution in [3.8, 4) is 5.75 Å². The molecule has 8 N–H and O–H groups in total. The average molecular weight is 562 g/mol. The van der Waals surface area contributed by atoms with E-state index in [2.05, 4.69) is 44.8 Å². The third kappa shape index (κ3) is 4.31. The number of ether oxygens (including phenoxy) is 1. The molecule has 216 valence electrons. The number of hydrogen-bond donors (Lipinski definition) is 6. The number of guanidine groups is 2. The number of aliphatic hydroxyl groups is 1. The zero-order valence-electron chi connectivity index (χ0n) is 23.2. The second-order valence-electron chi connectivity index (χ2n) is 11.7. The Labute approximate surface area is 237 Å². The number of hydrogen-bond acceptors (Lipinski definition) is 11. The van der Waals surface area contributed by atoms with Crippen molar-refractivity contribution >= 4 is 23.7 Å². The topological polar surface area (TPSA) is 193 Å². The van der Waals surface area contributed by atoms with E-state index in [-0.39, 0.29) is 42.2 Å². The highest BCUT2D eigenvalue weighted by Gasteiger charge is 2.65. The van der Waals surface area contributed by atoms with Gasteiger partial charge in [0.2, 0.25) is 0 Å². The number of carbonyl (C=O) groups excluding carboxylic acids is 2. The maximum atomic E-state index is 13.6. The van der Waals surface area contributed by atoms with Gasteiger partial charge in [-0.25, -0.2) is 9.98 Å². The lowest BCUT2D eigenvalue weighted by Crippen LogP contribution is -2.73. The molecular formula is C28H35N9O4. The van der Waals surface area contributed by atoms with Crippen molar-refractivity contribution in [3.63, 3.8) is 0 Å². The van der Waals surface area contributed by atoms with Crippen LogP contribution < -0.4 is 32.2 Å². The summed E-state index contributed by atoms with van der Waals surface area (Å²) in [7, 11) is 0. The van der Waals surface area contributed by atoms with Crippen LogP contribution in [0.5, 0.6) is 5.75 Å². The molecule has 1 saturated heterocycles. The highest BCUT2D eigenvalue weighted by molar-refractivity contribution is 5.98.